The van der Waals surface area contributed by atoms with Crippen molar-refractivity contribution < 1.29 is 49.4 Å². The van der Waals surface area contributed by atoms with Crippen LogP contribution in [0.15, 0.2) is 10.6 Å². The van der Waals surface area contributed by atoms with Crippen molar-refractivity contribution >= 4 is 23.6 Å². The summed E-state index contributed by atoms with van der Waals surface area (Å²) in [4.78, 5) is 24.8. The number of carboxylic acids is 1. The molecule has 0 aromatic carbocycles. The summed E-state index contributed by atoms with van der Waals surface area (Å²) in [5.74, 6) is -1.03. The van der Waals surface area contributed by atoms with Crippen LogP contribution in [0.25, 0.3) is 0 Å². The van der Waals surface area contributed by atoms with Gasteiger partial charge in [0, 0.05) is 17.1 Å². The van der Waals surface area contributed by atoms with Gasteiger partial charge in [-0.25, -0.2) is 0 Å². The number of hydrogen-bond donors (Lipinski definition) is 1. The molecule has 1 amide bonds. The molecule has 0 spiro atoms. The van der Waals surface area contributed by atoms with E-state index in [4.69, 9.17) is 5.11 Å². The van der Waals surface area contributed by atoms with Crippen molar-refractivity contribution in [3.05, 3.63) is 10.6 Å². The Morgan fingerprint density at radius 2 is 2.28 bits per heavy atom. The molecule has 0 bridgehead atoms. The van der Waals surface area contributed by atoms with Crippen LogP contribution in [0.3, 0.4) is 0 Å². The number of aliphatic hydroxyl groups excluding tert-OH is 1. The second kappa shape index (κ2) is 6.43. The van der Waals surface area contributed by atoms with E-state index < -0.39 is 5.97 Å². The van der Waals surface area contributed by atoms with Crippen molar-refractivity contribution in [1.29, 1.82) is 0 Å². The van der Waals surface area contributed by atoms with Crippen molar-refractivity contribution in [1.82, 2.24) is 4.90 Å². The summed E-state index contributed by atoms with van der Waals surface area (Å²) in [6.45, 7) is 1.92. The second-order valence-corrected chi connectivity index (χ2v) is 5.32. The molecule has 94 valence electrons. The number of nitrogens with zero attached hydrogens (tertiary/aromatic N) is 1. The molecular weight excluding hydrogens is 265 g/mol. The number of amides is 1. The largest absolute Gasteiger partial charge is 1.00 e. The van der Waals surface area contributed by atoms with Gasteiger partial charge in [0.1, 0.15) is 0 Å². The van der Waals surface area contributed by atoms with E-state index in [0.29, 0.717) is 17.1 Å². The fraction of sp³-hybridized carbons (Fsp3) is 0.636. The van der Waals surface area contributed by atoms with Crippen LogP contribution in [-0.2, 0) is 9.59 Å². The van der Waals surface area contributed by atoms with Crippen LogP contribution < -0.4 is 34.7 Å². The molecule has 2 heterocycles. The monoisotopic (exact) mass is 279 g/mol. The number of β-lactam (4-membered cyclic amide) rings is 1. The van der Waals surface area contributed by atoms with E-state index in [1.54, 1.807) is 0 Å². The molecule has 0 aromatic rings. The Hall–Kier alpha value is -0.01000. The van der Waals surface area contributed by atoms with Crippen LogP contribution in [0, 0.1) is 5.92 Å². The standard InChI is InChI=1S/C11H15NO4S.Na/c1-2-6-7-5-8(17-4-3-13)9(11(15)16)12(7)10(6)14;/h6-7,13H,2-5H2,1H3,(H,15,16);/q;+1/p-1/t6-,7-;/m1./s1. The number of aliphatic hydroxyl groups is 1. The predicted molar refractivity (Wildman–Crippen MR) is 60.6 cm³/mol. The molecule has 7 heteroatoms. The van der Waals surface area contributed by atoms with Crippen molar-refractivity contribution in [3.8, 4) is 0 Å². The van der Waals surface area contributed by atoms with Crippen molar-refractivity contribution in [2.75, 3.05) is 12.4 Å². The summed E-state index contributed by atoms with van der Waals surface area (Å²) < 4.78 is 0. The van der Waals surface area contributed by atoms with E-state index in [0.717, 1.165) is 6.42 Å². The average molecular weight is 279 g/mol. The molecule has 2 aliphatic heterocycles. The maximum atomic E-state index is 11.8. The molecule has 1 fully saturated rings. The number of carboxylic acid groups (broad SMARTS) is 1. The van der Waals surface area contributed by atoms with Gasteiger partial charge in [-0.15, -0.1) is 11.8 Å². The number of thioether (sulfide) groups is 1. The van der Waals surface area contributed by atoms with Crippen molar-refractivity contribution in [2.45, 2.75) is 25.8 Å². The van der Waals surface area contributed by atoms with Gasteiger partial charge in [0.25, 0.3) is 0 Å². The van der Waals surface area contributed by atoms with E-state index in [-0.39, 0.29) is 59.7 Å². The number of hydrogen-bond acceptors (Lipinski definition) is 5. The fourth-order valence-corrected chi connectivity index (χ4v) is 3.43. The van der Waals surface area contributed by atoms with Gasteiger partial charge in [0.15, 0.2) is 0 Å². The Morgan fingerprint density at radius 1 is 1.61 bits per heavy atom. The maximum absolute atomic E-state index is 11.8. The maximum Gasteiger partial charge on any atom is 1.00 e. The molecule has 18 heavy (non-hydrogen) atoms. The Kier molecular flexibility index (Phi) is 5.73. The third-order valence-electron chi connectivity index (χ3n) is 3.25. The topological polar surface area (TPSA) is 80.7 Å². The molecule has 0 unspecified atom stereocenters. The van der Waals surface area contributed by atoms with E-state index >= 15 is 0 Å². The minimum Gasteiger partial charge on any atom is -0.543 e. The van der Waals surface area contributed by atoms with Crippen LogP contribution in [-0.4, -0.2) is 40.3 Å². The second-order valence-electron chi connectivity index (χ2n) is 4.13. The normalized spacial score (nSPS) is 25.7. The summed E-state index contributed by atoms with van der Waals surface area (Å²) in [7, 11) is 0. The fourth-order valence-electron chi connectivity index (χ4n) is 2.49. The van der Waals surface area contributed by atoms with Gasteiger partial charge in [0.2, 0.25) is 5.91 Å². The molecule has 2 atom stereocenters. The average Bonchev–Trinajstić information content (AvgIpc) is 2.62. The zero-order chi connectivity index (χ0) is 12.6. The minimum atomic E-state index is -1.30. The minimum absolute atomic E-state index is 0. The molecule has 1 N–H and O–H groups in total. The van der Waals surface area contributed by atoms with Crippen LogP contribution >= 0.6 is 11.8 Å². The number of rotatable bonds is 5. The van der Waals surface area contributed by atoms with Crippen LogP contribution in [0.1, 0.15) is 19.8 Å². The number of fused-ring (bicyclic) bond motifs is 1. The van der Waals surface area contributed by atoms with Gasteiger partial charge in [0.05, 0.1) is 30.2 Å². The van der Waals surface area contributed by atoms with Crippen molar-refractivity contribution in [3.63, 3.8) is 0 Å². The first-order chi connectivity index (χ1) is 8.11. The van der Waals surface area contributed by atoms with Gasteiger partial charge >= 0.3 is 29.6 Å². The Labute approximate surface area is 132 Å². The molecular formula is C11H14NNaO4S. The number of carbonyl (C=O) groups excluding carboxylic acids is 2. The number of carbonyl (C=O) groups is 2. The molecule has 0 saturated carbocycles. The predicted octanol–water partition coefficient (Wildman–Crippen LogP) is -3.68. The first-order valence-electron chi connectivity index (χ1n) is 5.63. The summed E-state index contributed by atoms with van der Waals surface area (Å²) in [6, 6.07) is -0.0124. The smallest absolute Gasteiger partial charge is 0.543 e. The van der Waals surface area contributed by atoms with Gasteiger partial charge in [-0.1, -0.05) is 6.92 Å². The Bertz CT molecular complexity index is 399. The molecule has 0 radical (unpaired) electrons. The molecule has 1 saturated heterocycles. The third-order valence-corrected chi connectivity index (χ3v) is 4.35. The first kappa shape index (κ1) is 16.0. The summed E-state index contributed by atoms with van der Waals surface area (Å²) >= 11 is 1.30. The SMILES string of the molecule is CC[C@H]1C(=O)N2C(C(=O)[O-])=C(SCCO)C[C@H]12.[Na+]. The number of aliphatic carboxylic acids is 1. The molecule has 2 rings (SSSR count). The van der Waals surface area contributed by atoms with Crippen LogP contribution in [0.2, 0.25) is 0 Å². The molecule has 2 aliphatic rings. The molecule has 0 aliphatic carbocycles. The Morgan fingerprint density at radius 3 is 2.78 bits per heavy atom. The zero-order valence-corrected chi connectivity index (χ0v) is 13.3. The summed E-state index contributed by atoms with van der Waals surface area (Å²) in [5, 5.41) is 19.8. The van der Waals surface area contributed by atoms with E-state index in [2.05, 4.69) is 0 Å². The molecule has 5 nitrogen and oxygen atoms in total. The van der Waals surface area contributed by atoms with Crippen LogP contribution in [0.4, 0.5) is 0 Å². The first-order valence-corrected chi connectivity index (χ1v) is 6.61. The third kappa shape index (κ3) is 2.49. The molecule has 0 aromatic heterocycles. The van der Waals surface area contributed by atoms with E-state index in [1.165, 1.54) is 16.7 Å². The van der Waals surface area contributed by atoms with Gasteiger partial charge in [-0.3, -0.25) is 4.79 Å². The van der Waals surface area contributed by atoms with Crippen molar-refractivity contribution in [2.24, 2.45) is 5.92 Å². The van der Waals surface area contributed by atoms with Gasteiger partial charge < -0.3 is 19.9 Å². The van der Waals surface area contributed by atoms with E-state index in [9.17, 15) is 14.7 Å². The summed E-state index contributed by atoms with van der Waals surface area (Å²) in [6.07, 6.45) is 1.32. The van der Waals surface area contributed by atoms with E-state index in [1.807, 2.05) is 6.92 Å². The van der Waals surface area contributed by atoms with Gasteiger partial charge in [-0.2, -0.15) is 0 Å². The van der Waals surface area contributed by atoms with Gasteiger partial charge in [-0.05, 0) is 6.42 Å². The summed E-state index contributed by atoms with van der Waals surface area (Å²) in [5.41, 5.74) is 0.0168. The Balaban J connectivity index is 0.00000162. The quantitative estimate of drug-likeness (QED) is 0.414. The van der Waals surface area contributed by atoms with Crippen LogP contribution in [0.5, 0.6) is 0 Å². The zero-order valence-electron chi connectivity index (χ0n) is 10.5.